The molecule has 0 aromatic heterocycles. The first-order valence-electron chi connectivity index (χ1n) is 11.1. The molecule has 4 aromatic carbocycles. The molecule has 0 heterocycles. The summed E-state index contributed by atoms with van der Waals surface area (Å²) in [5, 5.41) is 5.42. The van der Waals surface area contributed by atoms with Gasteiger partial charge in [0.1, 0.15) is 0 Å². The molecule has 0 spiro atoms. The van der Waals surface area contributed by atoms with E-state index in [4.69, 9.17) is 0 Å². The second-order valence-electron chi connectivity index (χ2n) is 9.25. The van der Waals surface area contributed by atoms with Gasteiger partial charge >= 0.3 is 30.2 Å². The van der Waals surface area contributed by atoms with E-state index in [1.807, 2.05) is 0 Å². The van der Waals surface area contributed by atoms with Crippen LogP contribution in [0.5, 0.6) is 0 Å². The van der Waals surface area contributed by atoms with E-state index in [1.165, 1.54) is 56.0 Å². The fourth-order valence-electron chi connectivity index (χ4n) is 3.17. The van der Waals surface area contributed by atoms with Crippen molar-refractivity contribution in [2.45, 2.75) is 66.2 Å². The average Bonchev–Trinajstić information content (AvgIpc) is 3.43. The molecular weight excluding hydrogens is 480 g/mol. The maximum absolute atomic E-state index is 3.25. The summed E-state index contributed by atoms with van der Waals surface area (Å²) in [5.74, 6) is 0. The molecule has 0 amide bonds. The van der Waals surface area contributed by atoms with E-state index in [9.17, 15) is 0 Å². The first-order valence-corrected chi connectivity index (χ1v) is 15.3. The molecule has 4 aromatic rings. The van der Waals surface area contributed by atoms with E-state index in [0.717, 1.165) is 0 Å². The fraction of sp³-hybridized carbons (Fsp3) is 0.333. The van der Waals surface area contributed by atoms with Crippen molar-refractivity contribution in [3.63, 3.8) is 0 Å². The summed E-state index contributed by atoms with van der Waals surface area (Å²) in [6.45, 7) is 26.6. The molecule has 2 radical (unpaired) electrons. The molecule has 2 heteroatoms. The van der Waals surface area contributed by atoms with Crippen LogP contribution in [0.25, 0.3) is 21.5 Å². The molecule has 0 N–H and O–H groups in total. The summed E-state index contributed by atoms with van der Waals surface area (Å²) < 4.78 is 0. The van der Waals surface area contributed by atoms with Gasteiger partial charge in [-0.25, -0.2) is 0 Å². The van der Waals surface area contributed by atoms with Crippen LogP contribution in [0, 0.1) is 13.8 Å². The summed E-state index contributed by atoms with van der Waals surface area (Å²) in [5.41, 5.74) is 3.38. The molecular formula is C30H40SiZr-4. The van der Waals surface area contributed by atoms with Crippen LogP contribution in [0.4, 0.5) is 0 Å². The van der Waals surface area contributed by atoms with E-state index in [1.54, 1.807) is 13.8 Å². The Morgan fingerprint density at radius 1 is 0.594 bits per heavy atom. The Kier molecular flexibility index (Phi) is 14.2. The standard InChI is InChI=1S/2C13H15.2C2H5.Si.Zr/c2*1-13(2,3)12-8-10-6-4-5-7-11(10)9-12;2*1-2;;/h2*4-9H,1-3H3;2*1H2,2H3;;/q4*-1;;. The summed E-state index contributed by atoms with van der Waals surface area (Å²) in [6, 6.07) is 26.2. The van der Waals surface area contributed by atoms with E-state index >= 15 is 0 Å². The normalized spacial score (nSPS) is 10.4. The van der Waals surface area contributed by atoms with Crippen LogP contribution in [0.2, 0.25) is 0 Å². The van der Waals surface area contributed by atoms with Crippen molar-refractivity contribution in [3.05, 3.63) is 97.8 Å². The van der Waals surface area contributed by atoms with Crippen molar-refractivity contribution in [2.75, 3.05) is 0 Å². The van der Waals surface area contributed by atoms with Crippen LogP contribution < -0.4 is 0 Å². The molecule has 0 unspecified atom stereocenters. The quantitative estimate of drug-likeness (QED) is 0.161. The Morgan fingerprint density at radius 3 is 1.12 bits per heavy atom. The summed E-state index contributed by atoms with van der Waals surface area (Å²) in [7, 11) is 0. The molecule has 4 rings (SSSR count). The van der Waals surface area contributed by atoms with Gasteiger partial charge in [0, 0.05) is 0 Å². The number of fused-ring (bicyclic) bond motifs is 2. The number of rotatable bonds is 0. The Labute approximate surface area is 214 Å². The molecule has 0 aliphatic carbocycles. The van der Waals surface area contributed by atoms with Crippen LogP contribution in [-0.4, -0.2) is 6.88 Å². The van der Waals surface area contributed by atoms with Crippen molar-refractivity contribution in [1.82, 2.24) is 0 Å². The Bertz CT molecular complexity index is 872. The van der Waals surface area contributed by atoms with E-state index in [2.05, 4.69) is 135 Å². The molecule has 0 nitrogen and oxygen atoms in total. The van der Waals surface area contributed by atoms with Gasteiger partial charge in [0.15, 0.2) is 0 Å². The van der Waals surface area contributed by atoms with Crippen molar-refractivity contribution in [3.8, 4) is 0 Å². The van der Waals surface area contributed by atoms with Crippen LogP contribution in [0.1, 0.15) is 66.5 Å². The average molecular weight is 520 g/mol. The zero-order valence-corrected chi connectivity index (χ0v) is 24.8. The third-order valence-electron chi connectivity index (χ3n) is 4.97. The zero-order chi connectivity index (χ0) is 24.9. The van der Waals surface area contributed by atoms with Crippen LogP contribution in [0.15, 0.2) is 72.8 Å². The first kappa shape index (κ1) is 30.8. The second kappa shape index (κ2) is 14.8. The Hall–Kier alpha value is -1.24. The van der Waals surface area contributed by atoms with Gasteiger partial charge in [0.05, 0.1) is 0 Å². The molecule has 0 fully saturated rings. The predicted octanol–water partition coefficient (Wildman–Crippen LogP) is 9.01. The van der Waals surface area contributed by atoms with Gasteiger partial charge in [0.2, 0.25) is 0 Å². The molecule has 0 saturated heterocycles. The molecule has 0 saturated carbocycles. The van der Waals surface area contributed by atoms with Crippen molar-refractivity contribution in [2.24, 2.45) is 0 Å². The van der Waals surface area contributed by atoms with Gasteiger partial charge in [-0.15, -0.1) is 81.2 Å². The summed E-state index contributed by atoms with van der Waals surface area (Å²) >= 11 is 1.36. The van der Waals surface area contributed by atoms with Crippen LogP contribution in [0.3, 0.4) is 0 Å². The van der Waals surface area contributed by atoms with Gasteiger partial charge < -0.3 is 13.8 Å². The number of benzene rings is 2. The monoisotopic (exact) mass is 518 g/mol. The SMILES string of the molecule is CC(C)(C)c1cc2ccccc2[cH-]1.CC(C)(C)c1cc2ccccc2[cH-]1.[CH2-]C.[CH2-]C.[Si]=[Zr]. The van der Waals surface area contributed by atoms with Gasteiger partial charge in [0.25, 0.3) is 0 Å². The van der Waals surface area contributed by atoms with E-state index in [0.29, 0.717) is 0 Å². The molecule has 0 bridgehead atoms. The Morgan fingerprint density at radius 2 is 0.875 bits per heavy atom. The minimum atomic E-state index is 0.263. The van der Waals surface area contributed by atoms with E-state index < -0.39 is 0 Å². The topological polar surface area (TPSA) is 0 Å². The summed E-state index contributed by atoms with van der Waals surface area (Å²) in [6.07, 6.45) is 0. The van der Waals surface area contributed by atoms with Crippen molar-refractivity contribution in [1.29, 1.82) is 0 Å². The van der Waals surface area contributed by atoms with Gasteiger partial charge in [-0.3, -0.25) is 0 Å². The number of hydrogen-bond donors (Lipinski definition) is 0. The van der Waals surface area contributed by atoms with Crippen LogP contribution in [-0.2, 0) is 34.2 Å². The van der Waals surface area contributed by atoms with Gasteiger partial charge in [-0.05, 0) is 10.8 Å². The molecule has 172 valence electrons. The number of hydrogen-bond acceptors (Lipinski definition) is 0. The molecule has 0 atom stereocenters. The zero-order valence-electron chi connectivity index (χ0n) is 21.3. The van der Waals surface area contributed by atoms with Crippen molar-refractivity contribution >= 4 is 28.4 Å². The van der Waals surface area contributed by atoms with Gasteiger partial charge in [-0.2, -0.15) is 26.0 Å². The summed E-state index contributed by atoms with van der Waals surface area (Å²) in [4.78, 5) is 0. The van der Waals surface area contributed by atoms with E-state index in [-0.39, 0.29) is 10.8 Å². The van der Waals surface area contributed by atoms with Crippen molar-refractivity contribution < 1.29 is 23.3 Å². The molecule has 0 aliphatic heterocycles. The second-order valence-corrected chi connectivity index (χ2v) is 9.25. The predicted molar refractivity (Wildman–Crippen MR) is 144 cm³/mol. The molecule has 0 aliphatic rings. The molecule has 32 heavy (non-hydrogen) atoms. The third-order valence-corrected chi connectivity index (χ3v) is 4.97. The van der Waals surface area contributed by atoms with Gasteiger partial charge in [-0.1, -0.05) is 53.7 Å². The van der Waals surface area contributed by atoms with Crippen LogP contribution >= 0.6 is 0 Å². The first-order chi connectivity index (χ1) is 15.1. The minimum absolute atomic E-state index is 0.263. The third kappa shape index (κ3) is 9.32. The Balaban J connectivity index is 0.000000488. The maximum atomic E-state index is 3.25. The fourth-order valence-corrected chi connectivity index (χ4v) is 3.17.